The van der Waals surface area contributed by atoms with Crippen LogP contribution in [0.15, 0.2) is 16.8 Å². The molecule has 3 aliphatic rings. The van der Waals surface area contributed by atoms with Gasteiger partial charge in [0, 0.05) is 32.2 Å². The van der Waals surface area contributed by atoms with Crippen molar-refractivity contribution in [1.82, 2.24) is 9.80 Å². The molecule has 1 amide bonds. The maximum atomic E-state index is 12.2. The Kier molecular flexibility index (Phi) is 3.31. The van der Waals surface area contributed by atoms with Crippen LogP contribution in [0.1, 0.15) is 24.8 Å². The average Bonchev–Trinajstić information content (AvgIpc) is 3.02. The number of rotatable bonds is 3. The molecule has 3 heterocycles. The lowest BCUT2D eigenvalue weighted by molar-refractivity contribution is -0.137. The molecule has 2 saturated heterocycles. The van der Waals surface area contributed by atoms with Crippen LogP contribution in [0.5, 0.6) is 0 Å². The van der Waals surface area contributed by atoms with Gasteiger partial charge in [-0.15, -0.1) is 0 Å². The van der Waals surface area contributed by atoms with Crippen LogP contribution in [0.4, 0.5) is 0 Å². The molecule has 108 valence electrons. The average molecular weight is 290 g/mol. The third-order valence-electron chi connectivity index (χ3n) is 5.42. The first-order valence-electron chi connectivity index (χ1n) is 7.82. The fraction of sp³-hybridized carbons (Fsp3) is 0.688. The molecule has 1 aromatic heterocycles. The molecule has 20 heavy (non-hydrogen) atoms. The molecule has 2 aliphatic heterocycles. The van der Waals surface area contributed by atoms with Crippen molar-refractivity contribution in [3.8, 4) is 0 Å². The Labute approximate surface area is 124 Å². The summed E-state index contributed by atoms with van der Waals surface area (Å²) in [5, 5.41) is 4.13. The van der Waals surface area contributed by atoms with Crippen LogP contribution in [0.3, 0.4) is 0 Å². The zero-order chi connectivity index (χ0) is 13.5. The van der Waals surface area contributed by atoms with Gasteiger partial charge in [0.1, 0.15) is 0 Å². The maximum absolute atomic E-state index is 12.2. The van der Waals surface area contributed by atoms with E-state index in [-0.39, 0.29) is 0 Å². The maximum Gasteiger partial charge on any atom is 0.227 e. The summed E-state index contributed by atoms with van der Waals surface area (Å²) < 4.78 is 0. The molecule has 1 saturated carbocycles. The highest BCUT2D eigenvalue weighted by atomic mass is 32.1. The highest BCUT2D eigenvalue weighted by Crippen LogP contribution is 2.39. The lowest BCUT2D eigenvalue weighted by atomic mass is 10.0. The predicted molar refractivity (Wildman–Crippen MR) is 80.8 cm³/mol. The number of carbonyl (C=O) groups is 1. The highest BCUT2D eigenvalue weighted by molar-refractivity contribution is 7.07. The first-order chi connectivity index (χ1) is 9.79. The summed E-state index contributed by atoms with van der Waals surface area (Å²) in [7, 11) is 0. The first-order valence-corrected chi connectivity index (χ1v) is 8.77. The standard InChI is InChI=1S/C16H22N2OS/c19-16(6-12-4-5-20-11-12)18-9-15(10-18)17-7-13-2-1-3-14(13)8-17/h4-5,11,13-15H,1-3,6-10H2. The minimum atomic E-state index is 0.305. The SMILES string of the molecule is O=C(Cc1ccsc1)N1CC(N2CC3CCCC3C2)C1. The third kappa shape index (κ3) is 2.29. The van der Waals surface area contributed by atoms with Gasteiger partial charge < -0.3 is 4.90 Å². The van der Waals surface area contributed by atoms with Crippen LogP contribution in [0, 0.1) is 11.8 Å². The molecule has 4 rings (SSSR count). The fourth-order valence-corrected chi connectivity index (χ4v) is 4.81. The highest BCUT2D eigenvalue weighted by Gasteiger charge is 2.42. The van der Waals surface area contributed by atoms with Gasteiger partial charge in [-0.2, -0.15) is 11.3 Å². The molecule has 4 heteroatoms. The van der Waals surface area contributed by atoms with Crippen molar-refractivity contribution in [2.24, 2.45) is 11.8 Å². The van der Waals surface area contributed by atoms with Gasteiger partial charge in [0.25, 0.3) is 0 Å². The summed E-state index contributed by atoms with van der Waals surface area (Å²) in [5.41, 5.74) is 1.17. The first kappa shape index (κ1) is 12.8. The smallest absolute Gasteiger partial charge is 0.227 e. The summed E-state index contributed by atoms with van der Waals surface area (Å²) in [5.74, 6) is 2.23. The largest absolute Gasteiger partial charge is 0.339 e. The van der Waals surface area contributed by atoms with Gasteiger partial charge in [-0.3, -0.25) is 9.69 Å². The molecule has 2 atom stereocenters. The van der Waals surface area contributed by atoms with E-state index in [1.165, 1.54) is 37.9 Å². The topological polar surface area (TPSA) is 23.6 Å². The number of fused-ring (bicyclic) bond motifs is 1. The van der Waals surface area contributed by atoms with E-state index < -0.39 is 0 Å². The molecule has 0 N–H and O–H groups in total. The summed E-state index contributed by atoms with van der Waals surface area (Å²) >= 11 is 1.67. The minimum Gasteiger partial charge on any atom is -0.339 e. The second kappa shape index (κ2) is 5.15. The van der Waals surface area contributed by atoms with Crippen molar-refractivity contribution in [1.29, 1.82) is 0 Å². The second-order valence-electron chi connectivity index (χ2n) is 6.67. The van der Waals surface area contributed by atoms with Crippen LogP contribution >= 0.6 is 11.3 Å². The second-order valence-corrected chi connectivity index (χ2v) is 7.45. The summed E-state index contributed by atoms with van der Waals surface area (Å²) in [4.78, 5) is 16.9. The van der Waals surface area contributed by atoms with Gasteiger partial charge >= 0.3 is 0 Å². The van der Waals surface area contributed by atoms with Gasteiger partial charge in [0.15, 0.2) is 0 Å². The summed E-state index contributed by atoms with van der Waals surface area (Å²) in [6.07, 6.45) is 4.91. The lowest BCUT2D eigenvalue weighted by Crippen LogP contribution is -2.61. The Morgan fingerprint density at radius 2 is 1.95 bits per heavy atom. The van der Waals surface area contributed by atoms with E-state index in [1.807, 2.05) is 10.3 Å². The Hall–Kier alpha value is -0.870. The molecule has 0 aromatic carbocycles. The van der Waals surface area contributed by atoms with Gasteiger partial charge in [-0.25, -0.2) is 0 Å². The summed E-state index contributed by atoms with van der Waals surface area (Å²) in [6.45, 7) is 4.51. The van der Waals surface area contributed by atoms with Crippen LogP contribution in [0.2, 0.25) is 0 Å². The number of carbonyl (C=O) groups excluding carboxylic acids is 1. The zero-order valence-corrected chi connectivity index (χ0v) is 12.6. The van der Waals surface area contributed by atoms with E-state index in [0.29, 0.717) is 18.4 Å². The molecule has 0 radical (unpaired) electrons. The Morgan fingerprint density at radius 3 is 2.60 bits per heavy atom. The van der Waals surface area contributed by atoms with Crippen LogP contribution in [-0.4, -0.2) is 47.9 Å². The molecular formula is C16H22N2OS. The van der Waals surface area contributed by atoms with Crippen molar-refractivity contribution in [3.63, 3.8) is 0 Å². The van der Waals surface area contributed by atoms with E-state index in [1.54, 1.807) is 11.3 Å². The van der Waals surface area contributed by atoms with Gasteiger partial charge in [-0.1, -0.05) is 6.42 Å². The van der Waals surface area contributed by atoms with Crippen LogP contribution in [-0.2, 0) is 11.2 Å². The van der Waals surface area contributed by atoms with E-state index in [9.17, 15) is 4.79 Å². The van der Waals surface area contributed by atoms with Gasteiger partial charge in [0.05, 0.1) is 6.42 Å². The van der Waals surface area contributed by atoms with E-state index in [2.05, 4.69) is 16.3 Å². The number of hydrogen-bond acceptors (Lipinski definition) is 3. The Morgan fingerprint density at radius 1 is 1.20 bits per heavy atom. The molecule has 1 aliphatic carbocycles. The van der Waals surface area contributed by atoms with Crippen molar-refractivity contribution in [2.45, 2.75) is 31.7 Å². The molecule has 2 unspecified atom stereocenters. The van der Waals surface area contributed by atoms with E-state index >= 15 is 0 Å². The van der Waals surface area contributed by atoms with Crippen LogP contribution in [0.25, 0.3) is 0 Å². The molecule has 0 spiro atoms. The number of likely N-dealkylation sites (tertiary alicyclic amines) is 2. The van der Waals surface area contributed by atoms with E-state index in [4.69, 9.17) is 0 Å². The number of amides is 1. The fourth-order valence-electron chi connectivity index (χ4n) is 4.14. The van der Waals surface area contributed by atoms with Crippen LogP contribution < -0.4 is 0 Å². The molecule has 1 aromatic rings. The van der Waals surface area contributed by atoms with E-state index in [0.717, 1.165) is 24.9 Å². The number of hydrogen-bond donors (Lipinski definition) is 0. The van der Waals surface area contributed by atoms with Gasteiger partial charge in [0.2, 0.25) is 5.91 Å². The monoisotopic (exact) mass is 290 g/mol. The number of nitrogens with zero attached hydrogens (tertiary/aromatic N) is 2. The van der Waals surface area contributed by atoms with Gasteiger partial charge in [-0.05, 0) is 47.1 Å². The predicted octanol–water partition coefficient (Wildman–Crippen LogP) is 2.23. The van der Waals surface area contributed by atoms with Crippen molar-refractivity contribution < 1.29 is 4.79 Å². The summed E-state index contributed by atoms with van der Waals surface area (Å²) in [6, 6.07) is 2.70. The Bertz CT molecular complexity index is 469. The molecular weight excluding hydrogens is 268 g/mol. The van der Waals surface area contributed by atoms with Crippen molar-refractivity contribution in [3.05, 3.63) is 22.4 Å². The molecule has 0 bridgehead atoms. The Balaban J connectivity index is 1.26. The third-order valence-corrected chi connectivity index (χ3v) is 6.15. The quantitative estimate of drug-likeness (QED) is 0.852. The molecule has 3 nitrogen and oxygen atoms in total. The minimum absolute atomic E-state index is 0.305. The molecule has 3 fully saturated rings. The zero-order valence-electron chi connectivity index (χ0n) is 11.8. The number of thiophene rings is 1. The normalized spacial score (nSPS) is 30.5. The lowest BCUT2D eigenvalue weighted by Gasteiger charge is -2.44. The van der Waals surface area contributed by atoms with Crippen molar-refractivity contribution in [2.75, 3.05) is 26.2 Å². The van der Waals surface area contributed by atoms with Crippen molar-refractivity contribution >= 4 is 17.2 Å².